The molecule has 0 aromatic rings. The molecule has 2 N–H and O–H groups in total. The first-order valence-electron chi connectivity index (χ1n) is 3.48. The molecule has 3 nitrogen and oxygen atoms in total. The molecule has 11 heavy (non-hydrogen) atoms. The number of carbonyl (C=O) groups excluding carboxylic acids is 1. The number of aldehydes is 1. The molecule has 0 heterocycles. The standard InChI is InChI=1S/C8H14N2O/c1-9-5-3-8(4-6-11)7-10-2/h3-6,9-10H,7H2,1-2H3/b5-3-,8-4+. The fraction of sp³-hybridized carbons (Fsp3) is 0.375. The summed E-state index contributed by atoms with van der Waals surface area (Å²) in [5.41, 5.74) is 0.955. The highest BCUT2D eigenvalue weighted by atomic mass is 16.1. The minimum atomic E-state index is 0.705. The molecule has 0 radical (unpaired) electrons. The second-order valence-corrected chi connectivity index (χ2v) is 2.03. The van der Waals surface area contributed by atoms with Gasteiger partial charge in [-0.25, -0.2) is 0 Å². The van der Waals surface area contributed by atoms with Crippen molar-refractivity contribution in [2.75, 3.05) is 20.6 Å². The topological polar surface area (TPSA) is 41.1 Å². The minimum Gasteiger partial charge on any atom is -0.394 e. The lowest BCUT2D eigenvalue weighted by Gasteiger charge is -1.97. The Balaban J connectivity index is 3.98. The van der Waals surface area contributed by atoms with Crippen molar-refractivity contribution >= 4 is 6.29 Å². The number of hydrogen-bond acceptors (Lipinski definition) is 3. The summed E-state index contributed by atoms with van der Waals surface area (Å²) in [6.45, 7) is 0.705. The quantitative estimate of drug-likeness (QED) is 0.334. The highest BCUT2D eigenvalue weighted by molar-refractivity contribution is 5.67. The summed E-state index contributed by atoms with van der Waals surface area (Å²) >= 11 is 0. The van der Waals surface area contributed by atoms with Crippen LogP contribution >= 0.6 is 0 Å². The molecule has 0 bridgehead atoms. The molecule has 0 saturated heterocycles. The zero-order valence-corrected chi connectivity index (χ0v) is 6.92. The summed E-state index contributed by atoms with van der Waals surface area (Å²) in [6, 6.07) is 0. The van der Waals surface area contributed by atoms with E-state index in [-0.39, 0.29) is 0 Å². The van der Waals surface area contributed by atoms with Gasteiger partial charge in [-0.05, 0) is 31.0 Å². The maximum atomic E-state index is 10.1. The SMILES string of the molecule is CN/C=C\C(=C/C=O)CNC. The van der Waals surface area contributed by atoms with Crippen molar-refractivity contribution in [3.63, 3.8) is 0 Å². The van der Waals surface area contributed by atoms with Gasteiger partial charge in [0, 0.05) is 13.6 Å². The van der Waals surface area contributed by atoms with Gasteiger partial charge in [0.05, 0.1) is 0 Å². The predicted octanol–water partition coefficient (Wildman–Crippen LogP) is 0.0642. The van der Waals surface area contributed by atoms with Crippen LogP contribution in [0.25, 0.3) is 0 Å². The molecule has 3 heteroatoms. The van der Waals surface area contributed by atoms with Crippen LogP contribution in [0.1, 0.15) is 0 Å². The van der Waals surface area contributed by atoms with Gasteiger partial charge in [-0.1, -0.05) is 0 Å². The first-order valence-corrected chi connectivity index (χ1v) is 3.48. The molecular weight excluding hydrogens is 140 g/mol. The number of likely N-dealkylation sites (N-methyl/N-ethyl adjacent to an activating group) is 1. The Morgan fingerprint density at radius 2 is 2.18 bits per heavy atom. The van der Waals surface area contributed by atoms with E-state index in [1.165, 1.54) is 6.08 Å². The third kappa shape index (κ3) is 5.36. The smallest absolute Gasteiger partial charge is 0.143 e. The van der Waals surface area contributed by atoms with Crippen LogP contribution in [0.4, 0.5) is 0 Å². The van der Waals surface area contributed by atoms with Gasteiger partial charge in [0.2, 0.25) is 0 Å². The van der Waals surface area contributed by atoms with Crippen LogP contribution in [0.2, 0.25) is 0 Å². The molecule has 0 aliphatic rings. The van der Waals surface area contributed by atoms with Crippen molar-refractivity contribution in [3.8, 4) is 0 Å². The summed E-state index contributed by atoms with van der Waals surface area (Å²) in [5.74, 6) is 0. The lowest BCUT2D eigenvalue weighted by atomic mass is 10.2. The summed E-state index contributed by atoms with van der Waals surface area (Å²) in [5, 5.41) is 5.81. The van der Waals surface area contributed by atoms with Crippen molar-refractivity contribution in [2.24, 2.45) is 0 Å². The fourth-order valence-corrected chi connectivity index (χ4v) is 0.655. The number of nitrogens with one attached hydrogen (secondary N) is 2. The average molecular weight is 154 g/mol. The zero-order valence-electron chi connectivity index (χ0n) is 6.92. The summed E-state index contributed by atoms with van der Waals surface area (Å²) in [6.07, 6.45) is 5.95. The molecule has 0 aliphatic carbocycles. The molecule has 0 amide bonds. The van der Waals surface area contributed by atoms with Crippen molar-refractivity contribution in [1.82, 2.24) is 10.6 Å². The molecule has 0 aliphatic heterocycles. The van der Waals surface area contributed by atoms with Crippen molar-refractivity contribution in [3.05, 3.63) is 23.9 Å². The van der Waals surface area contributed by atoms with Crippen LogP contribution in [0.3, 0.4) is 0 Å². The third-order valence-corrected chi connectivity index (χ3v) is 1.13. The van der Waals surface area contributed by atoms with E-state index in [0.717, 1.165) is 11.9 Å². The molecule has 0 spiro atoms. The Morgan fingerprint density at radius 3 is 2.64 bits per heavy atom. The Kier molecular flexibility index (Phi) is 6.33. The normalized spacial score (nSPS) is 12.0. The van der Waals surface area contributed by atoms with Gasteiger partial charge in [0.15, 0.2) is 0 Å². The maximum absolute atomic E-state index is 10.1. The van der Waals surface area contributed by atoms with Crippen molar-refractivity contribution < 1.29 is 4.79 Å². The van der Waals surface area contributed by atoms with Crippen LogP contribution in [0.15, 0.2) is 23.9 Å². The molecule has 0 atom stereocenters. The Hall–Kier alpha value is -1.09. The molecule has 0 unspecified atom stereocenters. The van der Waals surface area contributed by atoms with Gasteiger partial charge in [0.25, 0.3) is 0 Å². The molecule has 0 fully saturated rings. The van der Waals surface area contributed by atoms with Crippen molar-refractivity contribution in [1.29, 1.82) is 0 Å². The number of rotatable bonds is 5. The number of hydrogen-bond donors (Lipinski definition) is 2. The van der Waals surface area contributed by atoms with Crippen LogP contribution in [-0.4, -0.2) is 26.9 Å². The summed E-state index contributed by atoms with van der Waals surface area (Å²) < 4.78 is 0. The number of allylic oxidation sites excluding steroid dienone is 1. The predicted molar refractivity (Wildman–Crippen MR) is 46.3 cm³/mol. The van der Waals surface area contributed by atoms with E-state index >= 15 is 0 Å². The van der Waals surface area contributed by atoms with Crippen molar-refractivity contribution in [2.45, 2.75) is 0 Å². The molecule has 62 valence electrons. The van der Waals surface area contributed by atoms with E-state index in [9.17, 15) is 4.79 Å². The van der Waals surface area contributed by atoms with Gasteiger partial charge in [0.1, 0.15) is 6.29 Å². The molecular formula is C8H14N2O. The second kappa shape index (κ2) is 7.02. The average Bonchev–Trinajstić information content (AvgIpc) is 2.01. The van der Waals surface area contributed by atoms with Crippen LogP contribution < -0.4 is 10.6 Å². The molecule has 0 aromatic carbocycles. The van der Waals surface area contributed by atoms with Gasteiger partial charge in [-0.3, -0.25) is 4.79 Å². The fourth-order valence-electron chi connectivity index (χ4n) is 0.655. The summed E-state index contributed by atoms with van der Waals surface area (Å²) in [7, 11) is 3.65. The zero-order chi connectivity index (χ0) is 8.53. The summed E-state index contributed by atoms with van der Waals surface area (Å²) in [4.78, 5) is 10.1. The Morgan fingerprint density at radius 1 is 1.45 bits per heavy atom. The van der Waals surface area contributed by atoms with Gasteiger partial charge < -0.3 is 10.6 Å². The van der Waals surface area contributed by atoms with Gasteiger partial charge in [-0.2, -0.15) is 0 Å². The molecule has 0 rings (SSSR count). The Labute approximate surface area is 67.2 Å². The molecule has 0 saturated carbocycles. The van der Waals surface area contributed by atoms with Crippen LogP contribution in [0.5, 0.6) is 0 Å². The first kappa shape index (κ1) is 9.91. The lowest BCUT2D eigenvalue weighted by molar-refractivity contribution is -0.104. The van der Waals surface area contributed by atoms with Crippen LogP contribution in [-0.2, 0) is 4.79 Å². The maximum Gasteiger partial charge on any atom is 0.143 e. The van der Waals surface area contributed by atoms with Gasteiger partial charge >= 0.3 is 0 Å². The largest absolute Gasteiger partial charge is 0.394 e. The van der Waals surface area contributed by atoms with E-state index in [4.69, 9.17) is 0 Å². The Bertz CT molecular complexity index is 161. The van der Waals surface area contributed by atoms with Gasteiger partial charge in [-0.15, -0.1) is 0 Å². The monoisotopic (exact) mass is 154 g/mol. The highest BCUT2D eigenvalue weighted by Gasteiger charge is 1.86. The highest BCUT2D eigenvalue weighted by Crippen LogP contribution is 1.91. The first-order chi connectivity index (χ1) is 5.35. The second-order valence-electron chi connectivity index (χ2n) is 2.03. The van der Waals surface area contributed by atoms with Crippen LogP contribution in [0, 0.1) is 0 Å². The van der Waals surface area contributed by atoms with E-state index in [2.05, 4.69) is 10.6 Å². The van der Waals surface area contributed by atoms with E-state index in [0.29, 0.717) is 6.54 Å². The van der Waals surface area contributed by atoms with E-state index in [1.54, 1.807) is 6.20 Å². The number of carbonyl (C=O) groups is 1. The van der Waals surface area contributed by atoms with E-state index in [1.807, 2.05) is 20.2 Å². The lowest BCUT2D eigenvalue weighted by Crippen LogP contribution is -2.09. The van der Waals surface area contributed by atoms with E-state index < -0.39 is 0 Å². The third-order valence-electron chi connectivity index (χ3n) is 1.13. The minimum absolute atomic E-state index is 0.705. The molecule has 0 aromatic heterocycles.